The van der Waals surface area contributed by atoms with Crippen molar-refractivity contribution in [1.29, 1.82) is 0 Å². The first kappa shape index (κ1) is 14.2. The number of halogens is 1. The number of pyridine rings is 1. The number of benzene rings is 1. The lowest BCUT2D eigenvalue weighted by Gasteiger charge is -2.18. The molecule has 3 rings (SSSR count). The van der Waals surface area contributed by atoms with Crippen molar-refractivity contribution < 1.29 is 4.74 Å². The molecular formula is C16H15ClN2OS. The van der Waals surface area contributed by atoms with Crippen LogP contribution in [-0.2, 0) is 0 Å². The Morgan fingerprint density at radius 3 is 2.95 bits per heavy atom. The van der Waals surface area contributed by atoms with Crippen molar-refractivity contribution in [3.63, 3.8) is 0 Å². The van der Waals surface area contributed by atoms with Crippen LogP contribution in [0.15, 0.2) is 41.9 Å². The summed E-state index contributed by atoms with van der Waals surface area (Å²) in [4.78, 5) is 4.48. The Balaban J connectivity index is 1.88. The highest BCUT2D eigenvalue weighted by atomic mass is 35.5. The van der Waals surface area contributed by atoms with Gasteiger partial charge in [0.1, 0.15) is 5.75 Å². The summed E-state index contributed by atoms with van der Waals surface area (Å²) in [5.74, 6) is 0.774. The maximum Gasteiger partial charge on any atom is 0.142 e. The van der Waals surface area contributed by atoms with Gasteiger partial charge in [-0.2, -0.15) is 0 Å². The van der Waals surface area contributed by atoms with E-state index in [2.05, 4.69) is 28.7 Å². The number of aromatic nitrogens is 1. The third kappa shape index (κ3) is 2.96. The fourth-order valence-electron chi connectivity index (χ4n) is 2.21. The zero-order chi connectivity index (χ0) is 14.8. The lowest BCUT2D eigenvalue weighted by atomic mass is 10.1. The van der Waals surface area contributed by atoms with Gasteiger partial charge in [0.2, 0.25) is 0 Å². The summed E-state index contributed by atoms with van der Waals surface area (Å²) in [6.07, 6.45) is 1.91. The van der Waals surface area contributed by atoms with E-state index in [9.17, 15) is 0 Å². The standard InChI is InChI=1S/C16H15ClN2OS/c1-10(11-7-16-13(18-9-11)5-6-21-16)19-14-8-12(17)3-4-15(14)20-2/h3-10,19H,1-2H3. The van der Waals surface area contributed by atoms with Crippen molar-refractivity contribution in [1.82, 2.24) is 4.98 Å². The number of ether oxygens (including phenoxy) is 1. The zero-order valence-electron chi connectivity index (χ0n) is 11.8. The fourth-order valence-corrected chi connectivity index (χ4v) is 3.17. The normalized spacial score (nSPS) is 12.3. The maximum atomic E-state index is 6.06. The zero-order valence-corrected chi connectivity index (χ0v) is 13.3. The Morgan fingerprint density at radius 2 is 2.14 bits per heavy atom. The second-order valence-corrected chi connectivity index (χ2v) is 6.17. The molecule has 1 atom stereocenters. The third-order valence-corrected chi connectivity index (χ3v) is 4.45. The van der Waals surface area contributed by atoms with Crippen molar-refractivity contribution in [2.24, 2.45) is 0 Å². The van der Waals surface area contributed by atoms with E-state index in [0.717, 1.165) is 22.5 Å². The van der Waals surface area contributed by atoms with Gasteiger partial charge in [-0.05, 0) is 48.2 Å². The summed E-state index contributed by atoms with van der Waals surface area (Å²) in [6, 6.07) is 9.85. The maximum absolute atomic E-state index is 6.06. The summed E-state index contributed by atoms with van der Waals surface area (Å²) in [5.41, 5.74) is 3.05. The molecule has 0 radical (unpaired) electrons. The van der Waals surface area contributed by atoms with Crippen molar-refractivity contribution in [3.8, 4) is 5.75 Å². The Hall–Kier alpha value is -1.78. The summed E-state index contributed by atoms with van der Waals surface area (Å²) < 4.78 is 6.55. The molecule has 3 aromatic rings. The molecule has 2 aromatic heterocycles. The summed E-state index contributed by atoms with van der Waals surface area (Å²) in [6.45, 7) is 2.09. The molecule has 1 N–H and O–H groups in total. The highest BCUT2D eigenvalue weighted by Crippen LogP contribution is 2.31. The number of fused-ring (bicyclic) bond motifs is 1. The van der Waals surface area contributed by atoms with Gasteiger partial charge < -0.3 is 10.1 Å². The third-order valence-electron chi connectivity index (χ3n) is 3.36. The number of hydrogen-bond acceptors (Lipinski definition) is 4. The van der Waals surface area contributed by atoms with Crippen LogP contribution in [0.3, 0.4) is 0 Å². The van der Waals surface area contributed by atoms with Crippen molar-refractivity contribution in [2.45, 2.75) is 13.0 Å². The van der Waals surface area contributed by atoms with Crippen LogP contribution >= 0.6 is 22.9 Å². The molecule has 5 heteroatoms. The lowest BCUT2D eigenvalue weighted by Crippen LogP contribution is -2.08. The average molecular weight is 319 g/mol. The van der Waals surface area contributed by atoms with Crippen LogP contribution < -0.4 is 10.1 Å². The van der Waals surface area contributed by atoms with Crippen LogP contribution in [0, 0.1) is 0 Å². The van der Waals surface area contributed by atoms with E-state index >= 15 is 0 Å². The van der Waals surface area contributed by atoms with Crippen LogP contribution in [-0.4, -0.2) is 12.1 Å². The van der Waals surface area contributed by atoms with Crippen LogP contribution in [0.2, 0.25) is 5.02 Å². The first-order valence-electron chi connectivity index (χ1n) is 6.60. The topological polar surface area (TPSA) is 34.1 Å². The van der Waals surface area contributed by atoms with Gasteiger partial charge in [0.05, 0.1) is 29.1 Å². The minimum Gasteiger partial charge on any atom is -0.495 e. The van der Waals surface area contributed by atoms with E-state index < -0.39 is 0 Å². The molecule has 1 unspecified atom stereocenters. The minimum absolute atomic E-state index is 0.108. The molecule has 0 saturated carbocycles. The highest BCUT2D eigenvalue weighted by molar-refractivity contribution is 7.17. The van der Waals surface area contributed by atoms with Crippen molar-refractivity contribution in [3.05, 3.63) is 52.5 Å². The van der Waals surface area contributed by atoms with Crippen LogP contribution in [0.5, 0.6) is 5.75 Å². The van der Waals surface area contributed by atoms with E-state index in [1.165, 1.54) is 4.70 Å². The lowest BCUT2D eigenvalue weighted by molar-refractivity contribution is 0.416. The van der Waals surface area contributed by atoms with Gasteiger partial charge in [0.15, 0.2) is 0 Å². The first-order valence-corrected chi connectivity index (χ1v) is 7.86. The fraction of sp³-hybridized carbons (Fsp3) is 0.188. The minimum atomic E-state index is 0.108. The SMILES string of the molecule is COc1ccc(Cl)cc1NC(C)c1cnc2ccsc2c1. The second kappa shape index (κ2) is 5.92. The van der Waals surface area contributed by atoms with Crippen LogP contribution in [0.1, 0.15) is 18.5 Å². The summed E-state index contributed by atoms with van der Waals surface area (Å²) >= 11 is 7.76. The molecule has 0 spiro atoms. The average Bonchev–Trinajstić information content (AvgIpc) is 2.94. The van der Waals surface area contributed by atoms with E-state index in [-0.39, 0.29) is 6.04 Å². The van der Waals surface area contributed by atoms with Gasteiger partial charge in [-0.15, -0.1) is 11.3 Å². The van der Waals surface area contributed by atoms with Gasteiger partial charge in [-0.25, -0.2) is 0 Å². The molecule has 0 aliphatic heterocycles. The van der Waals surface area contributed by atoms with E-state index in [4.69, 9.17) is 16.3 Å². The smallest absolute Gasteiger partial charge is 0.142 e. The molecule has 1 aromatic carbocycles. The number of rotatable bonds is 4. The Labute approximate surface area is 132 Å². The quantitative estimate of drug-likeness (QED) is 0.724. The molecule has 0 aliphatic rings. The highest BCUT2D eigenvalue weighted by Gasteiger charge is 2.11. The number of nitrogens with one attached hydrogen (secondary N) is 1. The van der Waals surface area contributed by atoms with Crippen LogP contribution in [0.25, 0.3) is 10.2 Å². The van der Waals surface area contributed by atoms with Gasteiger partial charge in [0.25, 0.3) is 0 Å². The molecule has 0 fully saturated rings. The molecule has 0 amide bonds. The molecule has 3 nitrogen and oxygen atoms in total. The van der Waals surface area contributed by atoms with E-state index in [1.807, 2.05) is 30.5 Å². The van der Waals surface area contributed by atoms with E-state index in [0.29, 0.717) is 5.02 Å². The number of thiophene rings is 1. The van der Waals surface area contributed by atoms with Gasteiger partial charge in [-0.3, -0.25) is 4.98 Å². The molecule has 21 heavy (non-hydrogen) atoms. The Morgan fingerprint density at radius 1 is 1.29 bits per heavy atom. The summed E-state index contributed by atoms with van der Waals surface area (Å²) in [5, 5.41) is 6.16. The van der Waals surface area contributed by atoms with Crippen molar-refractivity contribution >= 4 is 38.8 Å². The Bertz CT molecular complexity index is 772. The van der Waals surface area contributed by atoms with Gasteiger partial charge >= 0.3 is 0 Å². The van der Waals surface area contributed by atoms with Gasteiger partial charge in [-0.1, -0.05) is 11.6 Å². The van der Waals surface area contributed by atoms with E-state index in [1.54, 1.807) is 18.4 Å². The number of hydrogen-bond donors (Lipinski definition) is 1. The summed E-state index contributed by atoms with van der Waals surface area (Å²) in [7, 11) is 1.65. The van der Waals surface area contributed by atoms with Gasteiger partial charge in [0, 0.05) is 11.2 Å². The predicted molar refractivity (Wildman–Crippen MR) is 89.7 cm³/mol. The number of anilines is 1. The molecule has 0 aliphatic carbocycles. The van der Waals surface area contributed by atoms with Crippen LogP contribution in [0.4, 0.5) is 5.69 Å². The molecule has 2 heterocycles. The van der Waals surface area contributed by atoms with Crippen molar-refractivity contribution in [2.75, 3.05) is 12.4 Å². The molecular weight excluding hydrogens is 304 g/mol. The molecule has 0 bridgehead atoms. The number of nitrogens with zero attached hydrogens (tertiary/aromatic N) is 1. The molecule has 0 saturated heterocycles. The monoisotopic (exact) mass is 318 g/mol. The molecule has 108 valence electrons. The second-order valence-electron chi connectivity index (χ2n) is 4.78. The Kier molecular flexibility index (Phi) is 3.99. The predicted octanol–water partition coefficient (Wildman–Crippen LogP) is 5.13. The number of methoxy groups -OCH3 is 1. The largest absolute Gasteiger partial charge is 0.495 e. The first-order chi connectivity index (χ1) is 10.2.